The van der Waals surface area contributed by atoms with Crippen LogP contribution in [-0.2, 0) is 11.8 Å². The van der Waals surface area contributed by atoms with E-state index in [2.05, 4.69) is 5.10 Å². The summed E-state index contributed by atoms with van der Waals surface area (Å²) in [6.07, 6.45) is 0.0862. The topological polar surface area (TPSA) is 96.2 Å². The van der Waals surface area contributed by atoms with Crippen LogP contribution >= 0.6 is 0 Å². The monoisotopic (exact) mass is 212 g/mol. The lowest BCUT2D eigenvalue weighted by Crippen LogP contribution is -2.21. The summed E-state index contributed by atoms with van der Waals surface area (Å²) in [4.78, 5) is 10.8. The van der Waals surface area contributed by atoms with Gasteiger partial charge in [-0.15, -0.1) is 0 Å². The first kappa shape index (κ1) is 11.5. The average Bonchev–Trinajstić information content (AvgIpc) is 2.38. The Kier molecular flexibility index (Phi) is 3.31. The molecule has 1 aromatic heterocycles. The van der Waals surface area contributed by atoms with E-state index in [-0.39, 0.29) is 6.42 Å². The zero-order chi connectivity index (χ0) is 11.6. The number of carbonyl (C=O) groups excluding carboxylic acids is 1. The quantitative estimate of drug-likeness (QED) is 0.710. The molecular formula is C9H16N4O2. The highest BCUT2D eigenvalue weighted by molar-refractivity contribution is 5.74. The first-order valence-electron chi connectivity index (χ1n) is 4.58. The number of rotatable bonds is 4. The van der Waals surface area contributed by atoms with Gasteiger partial charge in [-0.1, -0.05) is 0 Å². The summed E-state index contributed by atoms with van der Waals surface area (Å²) in [6.45, 7) is 1.82. The van der Waals surface area contributed by atoms with Gasteiger partial charge in [-0.3, -0.25) is 4.79 Å². The molecule has 1 heterocycles. The van der Waals surface area contributed by atoms with Gasteiger partial charge in [-0.05, 0) is 6.92 Å². The third-order valence-corrected chi connectivity index (χ3v) is 2.20. The molecule has 1 atom stereocenters. The summed E-state index contributed by atoms with van der Waals surface area (Å²) in [7, 11) is 3.29. The van der Waals surface area contributed by atoms with Crippen LogP contribution in [0.25, 0.3) is 0 Å². The Morgan fingerprint density at radius 1 is 1.67 bits per heavy atom. The second-order valence-electron chi connectivity index (χ2n) is 3.41. The number of ether oxygens (including phenoxy) is 1. The highest BCUT2D eigenvalue weighted by Gasteiger charge is 2.21. The Labute approximate surface area is 88.2 Å². The molecule has 6 heteroatoms. The minimum Gasteiger partial charge on any atom is -0.481 e. The molecule has 1 aromatic rings. The van der Waals surface area contributed by atoms with E-state index >= 15 is 0 Å². The van der Waals surface area contributed by atoms with Crippen LogP contribution in [0.15, 0.2) is 0 Å². The summed E-state index contributed by atoms with van der Waals surface area (Å²) >= 11 is 0. The molecule has 4 N–H and O–H groups in total. The fourth-order valence-corrected chi connectivity index (χ4v) is 1.64. The van der Waals surface area contributed by atoms with Gasteiger partial charge in [0.05, 0.1) is 18.4 Å². The molecule has 1 rings (SSSR count). The number of amides is 1. The van der Waals surface area contributed by atoms with E-state index in [0.717, 1.165) is 11.3 Å². The van der Waals surface area contributed by atoms with Crippen LogP contribution in [0.4, 0.5) is 0 Å². The van der Waals surface area contributed by atoms with Crippen LogP contribution in [0.2, 0.25) is 0 Å². The number of aryl methyl sites for hydroxylation is 2. The van der Waals surface area contributed by atoms with Crippen LogP contribution in [0.5, 0.6) is 5.88 Å². The second-order valence-corrected chi connectivity index (χ2v) is 3.41. The highest BCUT2D eigenvalue weighted by atomic mass is 16.5. The molecule has 0 aliphatic heterocycles. The molecule has 0 saturated carbocycles. The number of methoxy groups -OCH3 is 1. The fraction of sp³-hybridized carbons (Fsp3) is 0.556. The van der Waals surface area contributed by atoms with Gasteiger partial charge in [0.15, 0.2) is 0 Å². The number of nitrogens with zero attached hydrogens (tertiary/aromatic N) is 2. The van der Waals surface area contributed by atoms with Gasteiger partial charge in [0, 0.05) is 19.5 Å². The van der Waals surface area contributed by atoms with Crippen molar-refractivity contribution in [3.8, 4) is 5.88 Å². The van der Waals surface area contributed by atoms with Crippen molar-refractivity contribution in [2.75, 3.05) is 7.11 Å². The standard InChI is InChI=1S/C9H16N4O2/c1-5-8(6(10)4-7(11)14)9(15-3)13(2)12-5/h6H,4,10H2,1-3H3,(H2,11,14)/t6-/m1/s1. The van der Waals surface area contributed by atoms with Crippen molar-refractivity contribution in [2.45, 2.75) is 19.4 Å². The van der Waals surface area contributed by atoms with E-state index in [1.807, 2.05) is 6.92 Å². The van der Waals surface area contributed by atoms with Crippen LogP contribution in [0, 0.1) is 6.92 Å². The van der Waals surface area contributed by atoms with Crippen LogP contribution in [0.1, 0.15) is 23.7 Å². The molecule has 0 aliphatic carbocycles. The Bertz CT molecular complexity index is 372. The maximum absolute atomic E-state index is 10.8. The van der Waals surface area contributed by atoms with Crippen LogP contribution in [-0.4, -0.2) is 22.8 Å². The molecule has 0 saturated heterocycles. The van der Waals surface area contributed by atoms with Crippen molar-refractivity contribution in [1.29, 1.82) is 0 Å². The summed E-state index contributed by atoms with van der Waals surface area (Å²) in [5.74, 6) is 0.133. The van der Waals surface area contributed by atoms with Gasteiger partial charge in [0.25, 0.3) is 0 Å². The minimum absolute atomic E-state index is 0.0862. The number of aromatic nitrogens is 2. The van der Waals surface area contributed by atoms with E-state index in [4.69, 9.17) is 16.2 Å². The fourth-order valence-electron chi connectivity index (χ4n) is 1.64. The summed E-state index contributed by atoms with van der Waals surface area (Å²) in [5, 5.41) is 4.17. The zero-order valence-corrected chi connectivity index (χ0v) is 9.15. The molecule has 0 bridgehead atoms. The van der Waals surface area contributed by atoms with Crippen molar-refractivity contribution >= 4 is 5.91 Å². The SMILES string of the molecule is COc1c([C@H](N)CC(N)=O)c(C)nn1C. The molecule has 0 aromatic carbocycles. The largest absolute Gasteiger partial charge is 0.481 e. The molecule has 84 valence electrons. The number of hydrogen-bond donors (Lipinski definition) is 2. The Balaban J connectivity index is 3.06. The molecule has 0 spiro atoms. The average molecular weight is 212 g/mol. The third kappa shape index (κ3) is 2.27. The lowest BCUT2D eigenvalue weighted by atomic mass is 10.1. The zero-order valence-electron chi connectivity index (χ0n) is 9.15. The van der Waals surface area contributed by atoms with E-state index < -0.39 is 11.9 Å². The lowest BCUT2D eigenvalue weighted by Gasteiger charge is -2.11. The van der Waals surface area contributed by atoms with Crippen molar-refractivity contribution in [3.63, 3.8) is 0 Å². The molecular weight excluding hydrogens is 196 g/mol. The summed E-state index contributed by atoms with van der Waals surface area (Å²) < 4.78 is 6.76. The molecule has 0 radical (unpaired) electrons. The number of primary amides is 1. The van der Waals surface area contributed by atoms with Crippen molar-refractivity contribution < 1.29 is 9.53 Å². The van der Waals surface area contributed by atoms with E-state index in [1.54, 1.807) is 11.7 Å². The number of nitrogens with two attached hydrogens (primary N) is 2. The number of carbonyl (C=O) groups is 1. The van der Waals surface area contributed by atoms with Crippen molar-refractivity contribution in [3.05, 3.63) is 11.3 Å². The van der Waals surface area contributed by atoms with Gasteiger partial charge in [-0.25, -0.2) is 4.68 Å². The van der Waals surface area contributed by atoms with Crippen molar-refractivity contribution in [1.82, 2.24) is 9.78 Å². The first-order chi connectivity index (χ1) is 6.97. The minimum atomic E-state index is -0.467. The Morgan fingerprint density at radius 3 is 2.73 bits per heavy atom. The Morgan fingerprint density at radius 2 is 2.27 bits per heavy atom. The van der Waals surface area contributed by atoms with E-state index in [9.17, 15) is 4.79 Å². The maximum atomic E-state index is 10.8. The highest BCUT2D eigenvalue weighted by Crippen LogP contribution is 2.27. The smallest absolute Gasteiger partial charge is 0.219 e. The van der Waals surface area contributed by atoms with Gasteiger partial charge in [-0.2, -0.15) is 5.10 Å². The third-order valence-electron chi connectivity index (χ3n) is 2.20. The van der Waals surface area contributed by atoms with Gasteiger partial charge >= 0.3 is 0 Å². The lowest BCUT2D eigenvalue weighted by molar-refractivity contribution is -0.118. The van der Waals surface area contributed by atoms with Gasteiger partial charge < -0.3 is 16.2 Å². The number of hydrogen-bond acceptors (Lipinski definition) is 4. The van der Waals surface area contributed by atoms with E-state index in [0.29, 0.717) is 5.88 Å². The second kappa shape index (κ2) is 4.31. The molecule has 0 unspecified atom stereocenters. The first-order valence-corrected chi connectivity index (χ1v) is 4.58. The molecule has 6 nitrogen and oxygen atoms in total. The molecule has 0 aliphatic rings. The molecule has 15 heavy (non-hydrogen) atoms. The predicted octanol–water partition coefficient (Wildman–Crippen LogP) is -0.388. The summed E-state index contributed by atoms with van der Waals surface area (Å²) in [6, 6.07) is -0.467. The van der Waals surface area contributed by atoms with Crippen LogP contribution < -0.4 is 16.2 Å². The normalized spacial score (nSPS) is 12.5. The predicted molar refractivity (Wildman–Crippen MR) is 55.2 cm³/mol. The van der Waals surface area contributed by atoms with Crippen LogP contribution in [0.3, 0.4) is 0 Å². The molecule has 1 amide bonds. The Hall–Kier alpha value is -1.56. The maximum Gasteiger partial charge on any atom is 0.219 e. The molecule has 0 fully saturated rings. The summed E-state index contributed by atoms with van der Waals surface area (Å²) in [5.41, 5.74) is 12.4. The van der Waals surface area contributed by atoms with Crippen molar-refractivity contribution in [2.24, 2.45) is 18.5 Å². The van der Waals surface area contributed by atoms with Gasteiger partial charge in [0.1, 0.15) is 0 Å². The van der Waals surface area contributed by atoms with E-state index in [1.165, 1.54) is 7.11 Å². The van der Waals surface area contributed by atoms with Gasteiger partial charge in [0.2, 0.25) is 11.8 Å².